The first-order valence-corrected chi connectivity index (χ1v) is 7.33. The van der Waals surface area contributed by atoms with Crippen LogP contribution in [0, 0.1) is 6.92 Å². The second-order valence-corrected chi connectivity index (χ2v) is 4.86. The molecular formula is C14H21N3O4. The zero-order valence-corrected chi connectivity index (χ0v) is 12.5. The first kappa shape index (κ1) is 15.6. The van der Waals surface area contributed by atoms with E-state index in [4.69, 9.17) is 14.2 Å². The van der Waals surface area contributed by atoms with E-state index in [0.29, 0.717) is 12.4 Å². The molecule has 0 aliphatic carbocycles. The van der Waals surface area contributed by atoms with Crippen molar-refractivity contribution < 1.29 is 19.0 Å². The van der Waals surface area contributed by atoms with Crippen molar-refractivity contribution in [3.8, 4) is 5.88 Å². The molecule has 1 atom stereocenters. The van der Waals surface area contributed by atoms with Crippen LogP contribution in [-0.4, -0.2) is 47.1 Å². The Hall–Kier alpha value is -1.76. The third-order valence-electron chi connectivity index (χ3n) is 3.18. The van der Waals surface area contributed by atoms with E-state index in [2.05, 4.69) is 15.2 Å². The number of aryl methyl sites for hydroxylation is 1. The number of nitrogens with zero attached hydrogens (tertiary/aromatic N) is 3. The highest BCUT2D eigenvalue weighted by Gasteiger charge is 2.20. The monoisotopic (exact) mass is 295 g/mol. The average Bonchev–Trinajstić information content (AvgIpc) is 2.49. The highest BCUT2D eigenvalue weighted by atomic mass is 16.5. The summed E-state index contributed by atoms with van der Waals surface area (Å²) in [5.74, 6) is 0.0603. The van der Waals surface area contributed by atoms with E-state index in [0.717, 1.165) is 25.9 Å². The van der Waals surface area contributed by atoms with Gasteiger partial charge in [0.25, 0.3) is 5.88 Å². The fourth-order valence-electron chi connectivity index (χ4n) is 2.14. The van der Waals surface area contributed by atoms with Gasteiger partial charge in [0.2, 0.25) is 5.69 Å². The van der Waals surface area contributed by atoms with Gasteiger partial charge in [-0.2, -0.15) is 4.98 Å². The Morgan fingerprint density at radius 1 is 1.38 bits per heavy atom. The van der Waals surface area contributed by atoms with Crippen LogP contribution >= 0.6 is 0 Å². The predicted octanol–water partition coefficient (Wildman–Crippen LogP) is 1.69. The lowest BCUT2D eigenvalue weighted by Gasteiger charge is -2.22. The molecule has 2 heterocycles. The van der Waals surface area contributed by atoms with E-state index < -0.39 is 5.97 Å². The molecule has 1 aromatic rings. The zero-order chi connectivity index (χ0) is 15.1. The Bertz CT molecular complexity index is 475. The van der Waals surface area contributed by atoms with Gasteiger partial charge in [0.1, 0.15) is 0 Å². The van der Waals surface area contributed by atoms with Crippen LogP contribution in [0.1, 0.15) is 48.9 Å². The quantitative estimate of drug-likeness (QED) is 0.738. The van der Waals surface area contributed by atoms with Crippen molar-refractivity contribution in [2.24, 2.45) is 0 Å². The molecule has 0 amide bonds. The molecule has 21 heavy (non-hydrogen) atoms. The third-order valence-corrected chi connectivity index (χ3v) is 3.18. The lowest BCUT2D eigenvalue weighted by atomic mass is 10.1. The molecule has 1 aliphatic heterocycles. The SMILES string of the molecule is CCOC(=O)c1nnc(C)nc1OCCC1CCCCO1. The maximum Gasteiger partial charge on any atom is 0.364 e. The molecule has 1 unspecified atom stereocenters. The molecule has 1 fully saturated rings. The maximum atomic E-state index is 11.8. The Morgan fingerprint density at radius 3 is 2.95 bits per heavy atom. The molecule has 1 saturated heterocycles. The molecule has 1 aromatic heterocycles. The molecule has 0 saturated carbocycles. The predicted molar refractivity (Wildman–Crippen MR) is 74.2 cm³/mol. The number of hydrogen-bond donors (Lipinski definition) is 0. The minimum absolute atomic E-state index is 0.0204. The van der Waals surface area contributed by atoms with Crippen LogP contribution in [0.4, 0.5) is 0 Å². The van der Waals surface area contributed by atoms with E-state index in [1.54, 1.807) is 13.8 Å². The summed E-state index contributed by atoms with van der Waals surface area (Å²) < 4.78 is 16.1. The van der Waals surface area contributed by atoms with Crippen LogP contribution in [0.25, 0.3) is 0 Å². The van der Waals surface area contributed by atoms with E-state index in [1.807, 2.05) is 0 Å². The minimum Gasteiger partial charge on any atom is -0.476 e. The second kappa shape index (κ2) is 7.87. The Labute approximate surface area is 124 Å². The minimum atomic E-state index is -0.568. The summed E-state index contributed by atoms with van der Waals surface area (Å²) in [6.07, 6.45) is 4.35. The summed E-state index contributed by atoms with van der Waals surface area (Å²) in [5.41, 5.74) is 0.0204. The Kier molecular flexibility index (Phi) is 5.86. The summed E-state index contributed by atoms with van der Waals surface area (Å²) in [4.78, 5) is 15.9. The number of aromatic nitrogens is 3. The highest BCUT2D eigenvalue weighted by molar-refractivity contribution is 5.89. The molecule has 0 aromatic carbocycles. The zero-order valence-electron chi connectivity index (χ0n) is 12.5. The summed E-state index contributed by atoms with van der Waals surface area (Å²) in [5, 5.41) is 7.59. The molecule has 1 aliphatic rings. The maximum absolute atomic E-state index is 11.8. The summed E-state index contributed by atoms with van der Waals surface area (Å²) in [6, 6.07) is 0. The van der Waals surface area contributed by atoms with Crippen molar-refractivity contribution in [2.75, 3.05) is 19.8 Å². The third kappa shape index (κ3) is 4.63. The van der Waals surface area contributed by atoms with Crippen LogP contribution in [0.5, 0.6) is 5.88 Å². The fraction of sp³-hybridized carbons (Fsp3) is 0.714. The summed E-state index contributed by atoms with van der Waals surface area (Å²) >= 11 is 0. The van der Waals surface area contributed by atoms with Crippen molar-refractivity contribution in [3.05, 3.63) is 11.5 Å². The fourth-order valence-corrected chi connectivity index (χ4v) is 2.14. The van der Waals surface area contributed by atoms with Gasteiger partial charge in [0.15, 0.2) is 5.82 Å². The van der Waals surface area contributed by atoms with Gasteiger partial charge in [-0.1, -0.05) is 0 Å². The van der Waals surface area contributed by atoms with Gasteiger partial charge in [-0.05, 0) is 33.1 Å². The number of carbonyl (C=O) groups is 1. The molecule has 116 valence electrons. The number of carbonyl (C=O) groups excluding carboxylic acids is 1. The van der Waals surface area contributed by atoms with E-state index >= 15 is 0 Å². The molecule has 0 spiro atoms. The molecule has 7 nitrogen and oxygen atoms in total. The number of rotatable bonds is 6. The van der Waals surface area contributed by atoms with Crippen LogP contribution in [-0.2, 0) is 9.47 Å². The summed E-state index contributed by atoms with van der Waals surface area (Å²) in [6.45, 7) is 4.93. The second-order valence-electron chi connectivity index (χ2n) is 4.86. The van der Waals surface area contributed by atoms with Gasteiger partial charge in [0.05, 0.1) is 19.3 Å². The average molecular weight is 295 g/mol. The van der Waals surface area contributed by atoms with Crippen molar-refractivity contribution in [3.63, 3.8) is 0 Å². The van der Waals surface area contributed by atoms with Crippen molar-refractivity contribution in [2.45, 2.75) is 45.6 Å². The van der Waals surface area contributed by atoms with Gasteiger partial charge in [-0.15, -0.1) is 10.2 Å². The number of ether oxygens (including phenoxy) is 3. The van der Waals surface area contributed by atoms with Gasteiger partial charge in [0, 0.05) is 13.0 Å². The number of esters is 1. The Morgan fingerprint density at radius 2 is 2.24 bits per heavy atom. The molecule has 0 bridgehead atoms. The Balaban J connectivity index is 1.94. The smallest absolute Gasteiger partial charge is 0.364 e. The van der Waals surface area contributed by atoms with E-state index in [1.165, 1.54) is 6.42 Å². The van der Waals surface area contributed by atoms with Crippen LogP contribution in [0.3, 0.4) is 0 Å². The summed E-state index contributed by atoms with van der Waals surface area (Å²) in [7, 11) is 0. The van der Waals surface area contributed by atoms with Gasteiger partial charge in [-0.3, -0.25) is 0 Å². The molecule has 0 radical (unpaired) electrons. The van der Waals surface area contributed by atoms with E-state index in [9.17, 15) is 4.79 Å². The van der Waals surface area contributed by atoms with E-state index in [-0.39, 0.29) is 24.3 Å². The lowest BCUT2D eigenvalue weighted by molar-refractivity contribution is 0.00360. The van der Waals surface area contributed by atoms with Gasteiger partial charge < -0.3 is 14.2 Å². The number of hydrogen-bond acceptors (Lipinski definition) is 7. The standard InChI is InChI=1S/C14H21N3O4/c1-3-19-14(18)12-13(15-10(2)16-17-12)21-9-7-11-6-4-5-8-20-11/h11H,3-9H2,1-2H3. The first-order chi connectivity index (χ1) is 10.2. The molecular weight excluding hydrogens is 274 g/mol. The molecule has 7 heteroatoms. The first-order valence-electron chi connectivity index (χ1n) is 7.33. The lowest BCUT2D eigenvalue weighted by Crippen LogP contribution is -2.22. The normalized spacial score (nSPS) is 18.3. The van der Waals surface area contributed by atoms with Gasteiger partial charge >= 0.3 is 5.97 Å². The van der Waals surface area contributed by atoms with Crippen molar-refractivity contribution >= 4 is 5.97 Å². The van der Waals surface area contributed by atoms with Crippen molar-refractivity contribution in [1.82, 2.24) is 15.2 Å². The van der Waals surface area contributed by atoms with Crippen LogP contribution in [0.15, 0.2) is 0 Å². The molecule has 2 rings (SSSR count). The largest absolute Gasteiger partial charge is 0.476 e. The van der Waals surface area contributed by atoms with Crippen LogP contribution in [0.2, 0.25) is 0 Å². The highest BCUT2D eigenvalue weighted by Crippen LogP contribution is 2.18. The van der Waals surface area contributed by atoms with Crippen molar-refractivity contribution in [1.29, 1.82) is 0 Å². The topological polar surface area (TPSA) is 83.4 Å². The van der Waals surface area contributed by atoms with Crippen LogP contribution < -0.4 is 4.74 Å². The molecule has 0 N–H and O–H groups in total. The van der Waals surface area contributed by atoms with Gasteiger partial charge in [-0.25, -0.2) is 4.79 Å².